The van der Waals surface area contributed by atoms with Crippen LogP contribution in [0.15, 0.2) is 18.2 Å². The van der Waals surface area contributed by atoms with Gasteiger partial charge in [-0.3, -0.25) is 4.79 Å². The van der Waals surface area contributed by atoms with Crippen molar-refractivity contribution in [1.29, 1.82) is 0 Å². The fraction of sp³-hybridized carbons (Fsp3) is 0.417. The monoisotopic (exact) mass is 236 g/mol. The van der Waals surface area contributed by atoms with Crippen LogP contribution in [-0.4, -0.2) is 31.7 Å². The summed E-state index contributed by atoms with van der Waals surface area (Å²) in [5.41, 5.74) is 1.42. The van der Waals surface area contributed by atoms with Gasteiger partial charge in [-0.2, -0.15) is 0 Å². The number of hydrogen-bond acceptors (Lipinski definition) is 3. The maximum Gasteiger partial charge on any atom is 0.247 e. The molecule has 17 heavy (non-hydrogen) atoms. The summed E-state index contributed by atoms with van der Waals surface area (Å²) in [6.07, 6.45) is 0.679. The lowest BCUT2D eigenvalue weighted by molar-refractivity contribution is -0.117. The molecule has 2 atom stereocenters. The van der Waals surface area contributed by atoms with Crippen LogP contribution in [0, 0.1) is 5.82 Å². The number of rotatable bonds is 1. The highest BCUT2D eigenvalue weighted by Gasteiger charge is 2.41. The molecule has 2 unspecified atom stereocenters. The number of nitrogens with zero attached hydrogens (tertiary/aromatic N) is 1. The van der Waals surface area contributed by atoms with E-state index in [9.17, 15) is 9.18 Å². The van der Waals surface area contributed by atoms with Crippen molar-refractivity contribution < 1.29 is 13.9 Å². The number of halogens is 1. The van der Waals surface area contributed by atoms with Crippen LogP contribution < -0.4 is 10.2 Å². The number of amides is 1. The molecular weight excluding hydrogens is 223 g/mol. The van der Waals surface area contributed by atoms with Gasteiger partial charge < -0.3 is 15.0 Å². The predicted octanol–water partition coefficient (Wildman–Crippen LogP) is 1.37. The van der Waals surface area contributed by atoms with Crippen molar-refractivity contribution in [1.82, 2.24) is 0 Å². The van der Waals surface area contributed by atoms with Crippen molar-refractivity contribution in [3.63, 3.8) is 0 Å². The first kappa shape index (κ1) is 10.5. The first-order valence-corrected chi connectivity index (χ1v) is 5.59. The number of carbonyl (C=O) groups excluding carboxylic acids is 1. The highest BCUT2D eigenvalue weighted by molar-refractivity contribution is 6.04. The molecule has 1 saturated heterocycles. The fourth-order valence-corrected chi connectivity index (χ4v) is 2.55. The van der Waals surface area contributed by atoms with Crippen LogP contribution in [0.25, 0.3) is 0 Å². The second kappa shape index (κ2) is 3.70. The van der Waals surface area contributed by atoms with E-state index in [-0.39, 0.29) is 23.9 Å². The Kier molecular flexibility index (Phi) is 2.29. The van der Waals surface area contributed by atoms with Gasteiger partial charge in [0.1, 0.15) is 11.9 Å². The van der Waals surface area contributed by atoms with E-state index in [0.717, 1.165) is 5.69 Å². The van der Waals surface area contributed by atoms with Crippen LogP contribution >= 0.6 is 0 Å². The van der Waals surface area contributed by atoms with Crippen LogP contribution in [0.4, 0.5) is 15.8 Å². The van der Waals surface area contributed by atoms with Crippen molar-refractivity contribution in [3.8, 4) is 0 Å². The van der Waals surface area contributed by atoms with Crippen molar-refractivity contribution in [2.75, 3.05) is 23.9 Å². The Morgan fingerprint density at radius 2 is 2.35 bits per heavy atom. The zero-order valence-corrected chi connectivity index (χ0v) is 9.44. The van der Waals surface area contributed by atoms with Crippen LogP contribution in [0.1, 0.15) is 6.42 Å². The van der Waals surface area contributed by atoms with Gasteiger partial charge in [-0.05, 0) is 18.2 Å². The predicted molar refractivity (Wildman–Crippen MR) is 61.6 cm³/mol. The van der Waals surface area contributed by atoms with Crippen LogP contribution in [0.2, 0.25) is 0 Å². The Balaban J connectivity index is 2.03. The lowest BCUT2D eigenvalue weighted by atomic mass is 10.1. The molecule has 1 fully saturated rings. The SMILES string of the molecule is COC1CC2C(=O)Nc3ccc(F)cc3N2C1. The highest BCUT2D eigenvalue weighted by atomic mass is 19.1. The van der Waals surface area contributed by atoms with Gasteiger partial charge in [0.05, 0.1) is 17.5 Å². The quantitative estimate of drug-likeness (QED) is 0.800. The molecule has 1 amide bonds. The molecule has 0 aromatic heterocycles. The fourth-order valence-electron chi connectivity index (χ4n) is 2.55. The summed E-state index contributed by atoms with van der Waals surface area (Å²) in [5, 5.41) is 2.80. The van der Waals surface area contributed by atoms with E-state index in [4.69, 9.17) is 4.74 Å². The van der Waals surface area contributed by atoms with Crippen LogP contribution in [0.5, 0.6) is 0 Å². The smallest absolute Gasteiger partial charge is 0.247 e. The third kappa shape index (κ3) is 1.58. The molecule has 4 nitrogen and oxygen atoms in total. The highest BCUT2D eigenvalue weighted by Crippen LogP contribution is 2.37. The van der Waals surface area contributed by atoms with Crippen molar-refractivity contribution in [2.24, 2.45) is 0 Å². The van der Waals surface area contributed by atoms with Gasteiger partial charge >= 0.3 is 0 Å². The maximum atomic E-state index is 13.3. The number of methoxy groups -OCH3 is 1. The third-order valence-corrected chi connectivity index (χ3v) is 3.43. The molecule has 1 aromatic rings. The molecule has 1 N–H and O–H groups in total. The second-order valence-corrected chi connectivity index (χ2v) is 4.41. The first-order valence-electron chi connectivity index (χ1n) is 5.59. The zero-order chi connectivity index (χ0) is 12.0. The zero-order valence-electron chi connectivity index (χ0n) is 9.44. The normalized spacial score (nSPS) is 26.5. The van der Waals surface area contributed by atoms with Gasteiger partial charge in [0, 0.05) is 20.1 Å². The molecule has 1 aromatic carbocycles. The molecule has 0 radical (unpaired) electrons. The number of fused-ring (bicyclic) bond motifs is 3. The molecule has 0 bridgehead atoms. The minimum absolute atomic E-state index is 0.0277. The summed E-state index contributed by atoms with van der Waals surface area (Å²) in [5.74, 6) is -0.330. The Hall–Kier alpha value is -1.62. The summed E-state index contributed by atoms with van der Waals surface area (Å²) in [6, 6.07) is 4.16. The van der Waals surface area contributed by atoms with Crippen LogP contribution in [0.3, 0.4) is 0 Å². The summed E-state index contributed by atoms with van der Waals surface area (Å²) >= 11 is 0. The number of ether oxygens (including phenoxy) is 1. The van der Waals surface area contributed by atoms with Crippen molar-refractivity contribution >= 4 is 17.3 Å². The minimum Gasteiger partial charge on any atom is -0.380 e. The Labute approximate surface area is 98.4 Å². The average Bonchev–Trinajstić information content (AvgIpc) is 2.75. The van der Waals surface area contributed by atoms with E-state index in [2.05, 4.69) is 5.32 Å². The van der Waals surface area contributed by atoms with Gasteiger partial charge in [0.2, 0.25) is 5.91 Å². The Bertz CT molecular complexity index is 478. The summed E-state index contributed by atoms with van der Waals surface area (Å²) in [7, 11) is 1.63. The number of anilines is 2. The number of nitrogens with one attached hydrogen (secondary N) is 1. The molecular formula is C12H13FN2O2. The molecule has 0 aliphatic carbocycles. The molecule has 0 saturated carbocycles. The molecule has 2 heterocycles. The van der Waals surface area contributed by atoms with Gasteiger partial charge in [0.25, 0.3) is 0 Å². The number of carbonyl (C=O) groups is 1. The van der Waals surface area contributed by atoms with Gasteiger partial charge in [-0.15, -0.1) is 0 Å². The topological polar surface area (TPSA) is 41.6 Å². The second-order valence-electron chi connectivity index (χ2n) is 4.41. The molecule has 5 heteroatoms. The van der Waals surface area contributed by atoms with E-state index in [1.165, 1.54) is 12.1 Å². The molecule has 0 spiro atoms. The van der Waals surface area contributed by atoms with Gasteiger partial charge in [-0.1, -0.05) is 0 Å². The summed E-state index contributed by atoms with van der Waals surface area (Å²) in [4.78, 5) is 13.8. The molecule has 90 valence electrons. The van der Waals surface area contributed by atoms with Crippen LogP contribution in [-0.2, 0) is 9.53 Å². The average molecular weight is 236 g/mol. The minimum atomic E-state index is -0.292. The molecule has 3 rings (SSSR count). The number of benzene rings is 1. The van der Waals surface area contributed by atoms with E-state index in [1.807, 2.05) is 4.90 Å². The summed E-state index contributed by atoms with van der Waals surface area (Å²) in [6.45, 7) is 0.630. The lowest BCUT2D eigenvalue weighted by Gasteiger charge is -2.32. The van der Waals surface area contributed by atoms with E-state index < -0.39 is 0 Å². The van der Waals surface area contributed by atoms with Gasteiger partial charge in [0.15, 0.2) is 0 Å². The maximum absolute atomic E-state index is 13.3. The number of hydrogen-bond donors (Lipinski definition) is 1. The largest absolute Gasteiger partial charge is 0.380 e. The molecule has 2 aliphatic rings. The Morgan fingerprint density at radius 1 is 1.53 bits per heavy atom. The standard InChI is InChI=1S/C12H13FN2O2/c1-17-8-5-11-12(16)14-9-3-2-7(13)4-10(9)15(11)6-8/h2-4,8,11H,5-6H2,1H3,(H,14,16). The first-order chi connectivity index (χ1) is 8.19. The van der Waals surface area contributed by atoms with Crippen molar-refractivity contribution in [2.45, 2.75) is 18.6 Å². The Morgan fingerprint density at radius 3 is 3.12 bits per heavy atom. The van der Waals surface area contributed by atoms with Crippen molar-refractivity contribution in [3.05, 3.63) is 24.0 Å². The van der Waals surface area contributed by atoms with E-state index in [1.54, 1.807) is 13.2 Å². The summed E-state index contributed by atoms with van der Waals surface area (Å²) < 4.78 is 18.5. The van der Waals surface area contributed by atoms with Gasteiger partial charge in [-0.25, -0.2) is 4.39 Å². The third-order valence-electron chi connectivity index (χ3n) is 3.43. The van der Waals surface area contributed by atoms with E-state index in [0.29, 0.717) is 18.7 Å². The molecule has 2 aliphatic heterocycles. The lowest BCUT2D eigenvalue weighted by Crippen LogP contribution is -2.43. The van der Waals surface area contributed by atoms with E-state index >= 15 is 0 Å².